The Kier molecular flexibility index (Phi) is 2.44. The predicted octanol–water partition coefficient (Wildman–Crippen LogP) is 2.81. The Morgan fingerprint density at radius 2 is 2.14 bits per heavy atom. The summed E-state index contributed by atoms with van der Waals surface area (Å²) >= 11 is 0. The standard InChI is InChI=1S/C12H15N2/c1-3-8-14(2)12-9-13-11-7-5-4-6-10(11)12/h4-7,13H,3,8H2,1-2H3. The van der Waals surface area contributed by atoms with Crippen molar-refractivity contribution in [1.29, 1.82) is 0 Å². The summed E-state index contributed by atoms with van der Waals surface area (Å²) in [4.78, 5) is 5.40. The number of anilines is 1. The number of fused-ring (bicyclic) bond motifs is 1. The van der Waals surface area contributed by atoms with E-state index < -0.39 is 0 Å². The van der Waals surface area contributed by atoms with Crippen LogP contribution in [0.2, 0.25) is 0 Å². The molecule has 0 aliphatic carbocycles. The molecule has 14 heavy (non-hydrogen) atoms. The second kappa shape index (κ2) is 3.74. The van der Waals surface area contributed by atoms with Crippen LogP contribution in [0.5, 0.6) is 0 Å². The van der Waals surface area contributed by atoms with E-state index in [1.807, 2.05) is 6.07 Å². The molecule has 1 aromatic heterocycles. The van der Waals surface area contributed by atoms with Gasteiger partial charge in [0, 0.05) is 24.5 Å². The Morgan fingerprint density at radius 3 is 2.93 bits per heavy atom. The number of H-pyrrole nitrogens is 1. The van der Waals surface area contributed by atoms with Gasteiger partial charge in [-0.05, 0) is 12.5 Å². The molecule has 73 valence electrons. The zero-order valence-corrected chi connectivity index (χ0v) is 8.67. The number of hydrogen-bond donors (Lipinski definition) is 1. The molecule has 2 rings (SSSR count). The van der Waals surface area contributed by atoms with Gasteiger partial charge in [0.15, 0.2) is 0 Å². The zero-order valence-electron chi connectivity index (χ0n) is 8.67. The molecule has 0 fully saturated rings. The normalized spacial score (nSPS) is 10.7. The molecule has 2 heteroatoms. The molecule has 1 heterocycles. The Morgan fingerprint density at radius 1 is 1.36 bits per heavy atom. The SMILES string of the molecule is CCCN(C)c1[c][nH]c2ccccc12. The maximum Gasteiger partial charge on any atom is 0.0890 e. The summed E-state index contributed by atoms with van der Waals surface area (Å²) in [6, 6.07) is 8.31. The van der Waals surface area contributed by atoms with Crippen LogP contribution in [0, 0.1) is 6.20 Å². The van der Waals surface area contributed by atoms with Crippen molar-refractivity contribution in [2.24, 2.45) is 0 Å². The smallest absolute Gasteiger partial charge is 0.0890 e. The third kappa shape index (κ3) is 1.48. The molecule has 0 unspecified atom stereocenters. The summed E-state index contributed by atoms with van der Waals surface area (Å²) in [6.07, 6.45) is 4.36. The third-order valence-corrected chi connectivity index (χ3v) is 2.44. The van der Waals surface area contributed by atoms with E-state index in [0.717, 1.165) is 18.5 Å². The molecule has 2 nitrogen and oxygen atoms in total. The fourth-order valence-corrected chi connectivity index (χ4v) is 1.74. The van der Waals surface area contributed by atoms with E-state index in [4.69, 9.17) is 0 Å². The topological polar surface area (TPSA) is 19.0 Å². The number of aromatic nitrogens is 1. The molecule has 0 aliphatic rings. The first-order chi connectivity index (χ1) is 6.83. The molecule has 0 spiro atoms. The quantitative estimate of drug-likeness (QED) is 0.782. The van der Waals surface area contributed by atoms with Crippen molar-refractivity contribution in [3.05, 3.63) is 30.5 Å². The third-order valence-electron chi connectivity index (χ3n) is 2.44. The van der Waals surface area contributed by atoms with Crippen molar-refractivity contribution < 1.29 is 0 Å². The lowest BCUT2D eigenvalue weighted by molar-refractivity contribution is 0.854. The fourth-order valence-electron chi connectivity index (χ4n) is 1.74. The molecule has 0 saturated heterocycles. The summed E-state index contributed by atoms with van der Waals surface area (Å²) in [7, 11) is 2.11. The Balaban J connectivity index is 2.42. The van der Waals surface area contributed by atoms with Gasteiger partial charge < -0.3 is 9.88 Å². The van der Waals surface area contributed by atoms with Gasteiger partial charge in [-0.3, -0.25) is 0 Å². The number of aromatic amines is 1. The number of rotatable bonds is 3. The van der Waals surface area contributed by atoms with Gasteiger partial charge >= 0.3 is 0 Å². The molecule has 1 radical (unpaired) electrons. The van der Waals surface area contributed by atoms with Crippen LogP contribution in [-0.2, 0) is 0 Å². The Bertz CT molecular complexity index is 417. The largest absolute Gasteiger partial charge is 0.372 e. The van der Waals surface area contributed by atoms with E-state index in [2.05, 4.69) is 48.3 Å². The van der Waals surface area contributed by atoms with Gasteiger partial charge in [0.1, 0.15) is 0 Å². The minimum absolute atomic E-state index is 1.07. The van der Waals surface area contributed by atoms with Crippen molar-refractivity contribution in [2.45, 2.75) is 13.3 Å². The molecule has 1 aromatic carbocycles. The van der Waals surface area contributed by atoms with Gasteiger partial charge in [-0.1, -0.05) is 25.1 Å². The molecule has 0 bridgehead atoms. The second-order valence-corrected chi connectivity index (χ2v) is 3.57. The van der Waals surface area contributed by atoms with Gasteiger partial charge in [0.25, 0.3) is 0 Å². The number of benzene rings is 1. The van der Waals surface area contributed by atoms with Crippen LogP contribution in [-0.4, -0.2) is 18.6 Å². The van der Waals surface area contributed by atoms with Gasteiger partial charge in [0.2, 0.25) is 0 Å². The highest BCUT2D eigenvalue weighted by molar-refractivity contribution is 5.92. The highest BCUT2D eigenvalue weighted by Crippen LogP contribution is 2.24. The van der Waals surface area contributed by atoms with E-state index in [1.54, 1.807) is 0 Å². The van der Waals surface area contributed by atoms with Crippen LogP contribution < -0.4 is 4.90 Å². The summed E-state index contributed by atoms with van der Waals surface area (Å²) in [5.74, 6) is 0. The monoisotopic (exact) mass is 187 g/mol. The van der Waals surface area contributed by atoms with Gasteiger partial charge in [-0.2, -0.15) is 0 Å². The van der Waals surface area contributed by atoms with Crippen LogP contribution in [0.3, 0.4) is 0 Å². The first-order valence-electron chi connectivity index (χ1n) is 5.02. The number of para-hydroxylation sites is 1. The summed E-state index contributed by atoms with van der Waals surface area (Å²) in [6.45, 7) is 3.25. The van der Waals surface area contributed by atoms with Crippen molar-refractivity contribution in [3.8, 4) is 0 Å². The minimum atomic E-state index is 1.07. The molecule has 0 saturated carbocycles. The molecule has 0 atom stereocenters. The molecule has 2 aromatic rings. The van der Waals surface area contributed by atoms with Crippen molar-refractivity contribution >= 4 is 16.6 Å². The van der Waals surface area contributed by atoms with Crippen molar-refractivity contribution in [3.63, 3.8) is 0 Å². The summed E-state index contributed by atoms with van der Waals surface area (Å²) < 4.78 is 0. The van der Waals surface area contributed by atoms with Gasteiger partial charge in [-0.15, -0.1) is 0 Å². The van der Waals surface area contributed by atoms with Gasteiger partial charge in [0.05, 0.1) is 11.9 Å². The van der Waals surface area contributed by atoms with Crippen LogP contribution in [0.4, 0.5) is 5.69 Å². The van der Waals surface area contributed by atoms with Gasteiger partial charge in [-0.25, -0.2) is 0 Å². The lowest BCUT2D eigenvalue weighted by atomic mass is 10.2. The molecular formula is C12H15N2. The summed E-state index contributed by atoms with van der Waals surface area (Å²) in [5.41, 5.74) is 2.33. The van der Waals surface area contributed by atoms with E-state index in [9.17, 15) is 0 Å². The van der Waals surface area contributed by atoms with Crippen LogP contribution >= 0.6 is 0 Å². The zero-order chi connectivity index (χ0) is 9.97. The lowest BCUT2D eigenvalue weighted by Crippen LogP contribution is -2.17. The average Bonchev–Trinajstić information content (AvgIpc) is 2.61. The first-order valence-corrected chi connectivity index (χ1v) is 5.02. The van der Waals surface area contributed by atoms with E-state index >= 15 is 0 Å². The number of nitrogens with one attached hydrogen (secondary N) is 1. The van der Waals surface area contributed by atoms with Crippen LogP contribution in [0.15, 0.2) is 24.3 Å². The van der Waals surface area contributed by atoms with E-state index in [0.29, 0.717) is 0 Å². The highest BCUT2D eigenvalue weighted by atomic mass is 15.1. The minimum Gasteiger partial charge on any atom is -0.372 e. The maximum absolute atomic E-state index is 3.20. The molecule has 1 N–H and O–H groups in total. The first kappa shape index (κ1) is 9.13. The average molecular weight is 187 g/mol. The Labute approximate surface area is 84.5 Å². The number of hydrogen-bond acceptors (Lipinski definition) is 1. The lowest BCUT2D eigenvalue weighted by Gasteiger charge is -2.16. The van der Waals surface area contributed by atoms with E-state index in [-0.39, 0.29) is 0 Å². The van der Waals surface area contributed by atoms with Crippen molar-refractivity contribution in [1.82, 2.24) is 4.98 Å². The molecule has 0 amide bonds. The van der Waals surface area contributed by atoms with Crippen molar-refractivity contribution in [2.75, 3.05) is 18.5 Å². The fraction of sp³-hybridized carbons (Fsp3) is 0.333. The second-order valence-electron chi connectivity index (χ2n) is 3.57. The van der Waals surface area contributed by atoms with Crippen LogP contribution in [0.1, 0.15) is 13.3 Å². The maximum atomic E-state index is 3.20. The number of nitrogens with zero attached hydrogens (tertiary/aromatic N) is 1. The summed E-state index contributed by atoms with van der Waals surface area (Å²) in [5, 5.41) is 1.25. The van der Waals surface area contributed by atoms with Crippen LogP contribution in [0.25, 0.3) is 10.9 Å². The Hall–Kier alpha value is -1.44. The van der Waals surface area contributed by atoms with E-state index in [1.165, 1.54) is 11.1 Å². The molecule has 0 aliphatic heterocycles. The highest BCUT2D eigenvalue weighted by Gasteiger charge is 2.06. The predicted molar refractivity (Wildman–Crippen MR) is 60.7 cm³/mol. The molecular weight excluding hydrogens is 172 g/mol.